The molecule has 0 spiro atoms. The highest BCUT2D eigenvalue weighted by atomic mass is 32.2. The van der Waals surface area contributed by atoms with Gasteiger partial charge in [-0.15, -0.1) is 10.2 Å². The van der Waals surface area contributed by atoms with Crippen LogP contribution in [-0.4, -0.2) is 25.9 Å². The van der Waals surface area contributed by atoms with E-state index in [4.69, 9.17) is 4.74 Å². The largest absolute Gasteiger partial charge is 0.483 e. The molecular weight excluding hydrogens is 506 g/mol. The van der Waals surface area contributed by atoms with Crippen molar-refractivity contribution in [2.24, 2.45) is 0 Å². The molecule has 3 aromatic carbocycles. The van der Waals surface area contributed by atoms with Crippen LogP contribution in [0.5, 0.6) is 5.75 Å². The van der Waals surface area contributed by atoms with E-state index in [0.717, 1.165) is 17.8 Å². The van der Waals surface area contributed by atoms with Crippen molar-refractivity contribution < 1.29 is 18.3 Å². The average Bonchev–Trinajstić information content (AvgIpc) is 3.33. The number of aromatic nitrogens is 3. The molecule has 0 aliphatic heterocycles. The Bertz CT molecular complexity index is 1380. The summed E-state index contributed by atoms with van der Waals surface area (Å²) in [6, 6.07) is 20.6. The molecule has 0 bridgehead atoms. The summed E-state index contributed by atoms with van der Waals surface area (Å²) in [4.78, 5) is 13.0. The number of rotatable bonds is 10. The Kier molecular flexibility index (Phi) is 8.78. The van der Waals surface area contributed by atoms with Crippen LogP contribution in [0.1, 0.15) is 57.5 Å². The molecule has 0 saturated heterocycles. The van der Waals surface area contributed by atoms with Crippen LogP contribution < -0.4 is 10.1 Å². The zero-order valence-corrected chi connectivity index (χ0v) is 22.5. The predicted molar refractivity (Wildman–Crippen MR) is 146 cm³/mol. The number of thioether (sulfide) groups is 1. The van der Waals surface area contributed by atoms with Gasteiger partial charge < -0.3 is 10.1 Å². The fourth-order valence-corrected chi connectivity index (χ4v) is 4.86. The minimum absolute atomic E-state index is 0.0776. The molecule has 0 aliphatic carbocycles. The number of anilines is 1. The maximum atomic E-state index is 14.1. The number of amides is 1. The van der Waals surface area contributed by atoms with Crippen molar-refractivity contribution in [2.45, 2.75) is 56.5 Å². The summed E-state index contributed by atoms with van der Waals surface area (Å²) in [5.41, 5.74) is 1.96. The van der Waals surface area contributed by atoms with Crippen LogP contribution in [0.2, 0.25) is 0 Å². The van der Waals surface area contributed by atoms with Crippen LogP contribution >= 0.6 is 11.8 Å². The van der Waals surface area contributed by atoms with Gasteiger partial charge in [0.05, 0.1) is 10.9 Å². The summed E-state index contributed by atoms with van der Waals surface area (Å²) in [6.45, 7) is 8.03. The fourth-order valence-electron chi connectivity index (χ4n) is 3.88. The molecule has 0 fully saturated rings. The summed E-state index contributed by atoms with van der Waals surface area (Å²) < 4.78 is 35.5. The van der Waals surface area contributed by atoms with Gasteiger partial charge in [0.25, 0.3) is 0 Å². The second-order valence-corrected chi connectivity index (χ2v) is 10.3. The van der Waals surface area contributed by atoms with Gasteiger partial charge in [0.1, 0.15) is 17.4 Å². The van der Waals surface area contributed by atoms with Crippen molar-refractivity contribution in [2.75, 3.05) is 5.32 Å². The lowest BCUT2D eigenvalue weighted by atomic mass is 10.0. The van der Waals surface area contributed by atoms with Gasteiger partial charge in [0.2, 0.25) is 5.91 Å². The number of carbonyl (C=O) groups is 1. The number of ether oxygens (including phenoxy) is 1. The molecule has 0 aliphatic rings. The molecule has 9 heteroatoms. The van der Waals surface area contributed by atoms with Gasteiger partial charge in [0.15, 0.2) is 17.1 Å². The van der Waals surface area contributed by atoms with Crippen molar-refractivity contribution >= 4 is 23.4 Å². The summed E-state index contributed by atoms with van der Waals surface area (Å²) in [6.07, 6.45) is 0.00838. The van der Waals surface area contributed by atoms with Crippen LogP contribution in [0.4, 0.5) is 14.5 Å². The van der Waals surface area contributed by atoms with Gasteiger partial charge >= 0.3 is 0 Å². The van der Waals surface area contributed by atoms with E-state index >= 15 is 0 Å². The molecule has 38 heavy (non-hydrogen) atoms. The first-order chi connectivity index (χ1) is 18.3. The van der Waals surface area contributed by atoms with E-state index in [1.54, 1.807) is 0 Å². The van der Waals surface area contributed by atoms with Crippen LogP contribution in [0.15, 0.2) is 78.0 Å². The number of halogens is 2. The minimum Gasteiger partial charge on any atom is -0.483 e. The second kappa shape index (κ2) is 12.2. The van der Waals surface area contributed by atoms with Gasteiger partial charge in [0, 0.05) is 11.8 Å². The monoisotopic (exact) mass is 536 g/mol. The Labute approximate surface area is 225 Å². The highest BCUT2D eigenvalue weighted by molar-refractivity contribution is 8.00. The Morgan fingerprint density at radius 2 is 1.71 bits per heavy atom. The van der Waals surface area contributed by atoms with Crippen molar-refractivity contribution in [3.05, 3.63) is 95.8 Å². The smallest absolute Gasteiger partial charge is 0.238 e. The third-order valence-electron chi connectivity index (χ3n) is 6.00. The molecule has 2 atom stereocenters. The standard InChI is InChI=1S/C29H30F2N4O2S/c1-5-26(28(36)32-25-16-13-21(30)17-24(25)31)38-29-34-33-27(35(29)22-9-7-6-8-10-22)19(4)37-23-14-11-20(12-15-23)18(2)3/h6-19,26H,5H2,1-4H3,(H,32,36). The molecule has 1 aromatic heterocycles. The highest BCUT2D eigenvalue weighted by Crippen LogP contribution is 2.32. The van der Waals surface area contributed by atoms with Gasteiger partial charge in [-0.3, -0.25) is 9.36 Å². The third kappa shape index (κ3) is 6.39. The van der Waals surface area contributed by atoms with Crippen molar-refractivity contribution in [3.8, 4) is 11.4 Å². The van der Waals surface area contributed by atoms with Crippen molar-refractivity contribution in [1.29, 1.82) is 0 Å². The zero-order valence-electron chi connectivity index (χ0n) is 21.7. The number of carbonyl (C=O) groups excluding carboxylic acids is 1. The Balaban J connectivity index is 1.59. The number of hydrogen-bond acceptors (Lipinski definition) is 5. The van der Waals surface area contributed by atoms with Crippen LogP contribution in [0.25, 0.3) is 5.69 Å². The predicted octanol–water partition coefficient (Wildman–Crippen LogP) is 7.32. The third-order valence-corrected chi connectivity index (χ3v) is 7.30. The summed E-state index contributed by atoms with van der Waals surface area (Å²) >= 11 is 1.22. The summed E-state index contributed by atoms with van der Waals surface area (Å²) in [5.74, 6) is -0.248. The van der Waals surface area contributed by atoms with E-state index < -0.39 is 28.9 Å². The van der Waals surface area contributed by atoms with E-state index in [-0.39, 0.29) is 5.69 Å². The summed E-state index contributed by atoms with van der Waals surface area (Å²) in [7, 11) is 0. The number of para-hydroxylation sites is 1. The molecule has 1 amide bonds. The topological polar surface area (TPSA) is 69.0 Å². The zero-order chi connectivity index (χ0) is 27.2. The molecule has 4 aromatic rings. The lowest BCUT2D eigenvalue weighted by Gasteiger charge is -2.19. The first-order valence-electron chi connectivity index (χ1n) is 12.5. The highest BCUT2D eigenvalue weighted by Gasteiger charge is 2.26. The molecule has 0 radical (unpaired) electrons. The van der Waals surface area contributed by atoms with Crippen LogP contribution in [0.3, 0.4) is 0 Å². The number of hydrogen-bond donors (Lipinski definition) is 1. The van der Waals surface area contributed by atoms with Gasteiger partial charge in [-0.25, -0.2) is 8.78 Å². The van der Waals surface area contributed by atoms with Gasteiger partial charge in [-0.1, -0.05) is 62.9 Å². The normalized spacial score (nSPS) is 12.8. The molecule has 2 unspecified atom stereocenters. The van der Waals surface area contributed by atoms with Gasteiger partial charge in [-0.2, -0.15) is 0 Å². The van der Waals surface area contributed by atoms with E-state index in [9.17, 15) is 13.6 Å². The lowest BCUT2D eigenvalue weighted by molar-refractivity contribution is -0.115. The molecule has 6 nitrogen and oxygen atoms in total. The van der Waals surface area contributed by atoms with Gasteiger partial charge in [-0.05, 0) is 61.2 Å². The number of benzene rings is 3. The maximum Gasteiger partial charge on any atom is 0.238 e. The van der Waals surface area contributed by atoms with E-state index in [1.165, 1.54) is 23.4 Å². The van der Waals surface area contributed by atoms with Crippen LogP contribution in [-0.2, 0) is 4.79 Å². The molecule has 198 valence electrons. The van der Waals surface area contributed by atoms with E-state index in [2.05, 4.69) is 29.4 Å². The Hall–Kier alpha value is -3.72. The SMILES string of the molecule is CCC(Sc1nnc(C(C)Oc2ccc(C(C)C)cc2)n1-c1ccccc1)C(=O)Nc1ccc(F)cc1F. The number of nitrogens with zero attached hydrogens (tertiary/aromatic N) is 3. The minimum atomic E-state index is -0.833. The van der Waals surface area contributed by atoms with E-state index in [0.29, 0.717) is 29.1 Å². The molecule has 1 heterocycles. The average molecular weight is 537 g/mol. The quantitative estimate of drug-likeness (QED) is 0.215. The molecule has 4 rings (SSSR count). The second-order valence-electron chi connectivity index (χ2n) is 9.12. The van der Waals surface area contributed by atoms with Crippen molar-refractivity contribution in [3.63, 3.8) is 0 Å². The maximum absolute atomic E-state index is 14.1. The lowest BCUT2D eigenvalue weighted by Crippen LogP contribution is -2.25. The van der Waals surface area contributed by atoms with Crippen LogP contribution in [0, 0.1) is 11.6 Å². The first kappa shape index (κ1) is 27.3. The fraction of sp³-hybridized carbons (Fsp3) is 0.276. The summed E-state index contributed by atoms with van der Waals surface area (Å²) in [5, 5.41) is 11.3. The number of nitrogens with one attached hydrogen (secondary N) is 1. The molecular formula is C29H30F2N4O2S. The molecule has 0 saturated carbocycles. The van der Waals surface area contributed by atoms with E-state index in [1.807, 2.05) is 73.0 Å². The first-order valence-corrected chi connectivity index (χ1v) is 13.3. The van der Waals surface area contributed by atoms with Crippen molar-refractivity contribution in [1.82, 2.24) is 14.8 Å². The molecule has 1 N–H and O–H groups in total. The Morgan fingerprint density at radius 3 is 2.34 bits per heavy atom. The Morgan fingerprint density at radius 1 is 1.00 bits per heavy atom.